The number of likely N-dealkylation sites (N-methyl/N-ethyl adjacent to an activating group) is 1. The third-order valence-electron chi connectivity index (χ3n) is 6.26. The first-order valence-electron chi connectivity index (χ1n) is 9.46. The molecule has 1 amide bonds. The van der Waals surface area contributed by atoms with Gasteiger partial charge in [-0.15, -0.1) is 11.3 Å². The number of aryl methyl sites for hydroxylation is 1. The number of piperazine rings is 1. The van der Waals surface area contributed by atoms with Crippen molar-refractivity contribution in [3.8, 4) is 0 Å². The highest BCUT2D eigenvalue weighted by molar-refractivity contribution is 7.12. The van der Waals surface area contributed by atoms with Crippen molar-refractivity contribution in [2.75, 3.05) is 52.9 Å². The minimum atomic E-state index is 0.00922. The van der Waals surface area contributed by atoms with E-state index in [0.717, 1.165) is 75.6 Å². The van der Waals surface area contributed by atoms with Crippen LogP contribution in [0.2, 0.25) is 0 Å². The third kappa shape index (κ3) is 3.50. The number of amides is 1. The van der Waals surface area contributed by atoms with Crippen molar-refractivity contribution in [2.45, 2.75) is 37.8 Å². The summed E-state index contributed by atoms with van der Waals surface area (Å²) in [7, 11) is 2.20. The van der Waals surface area contributed by atoms with E-state index in [0.29, 0.717) is 6.04 Å². The second-order valence-electron chi connectivity index (χ2n) is 7.92. The quantitative estimate of drug-likeness (QED) is 0.806. The standard InChI is InChI=1S/C19H29N3O2S/c1-15-3-12-25-17(15)18(23)22-6-4-19(5-7-22)13-16(14-24-19)21-10-8-20(2)9-11-21/h3,12,16H,4-11,13-14H2,1-2H3/t16-/m0/s1. The lowest BCUT2D eigenvalue weighted by Gasteiger charge is -2.40. The van der Waals surface area contributed by atoms with Crippen LogP contribution in [0.3, 0.4) is 0 Å². The summed E-state index contributed by atoms with van der Waals surface area (Å²) in [5, 5.41) is 2.01. The lowest BCUT2D eigenvalue weighted by Crippen LogP contribution is -2.50. The molecular formula is C19H29N3O2S. The summed E-state index contributed by atoms with van der Waals surface area (Å²) < 4.78 is 6.33. The number of carbonyl (C=O) groups excluding carboxylic acids is 1. The zero-order valence-corrected chi connectivity index (χ0v) is 16.2. The number of likely N-dealkylation sites (tertiary alicyclic amines) is 1. The normalized spacial score (nSPS) is 27.9. The summed E-state index contributed by atoms with van der Waals surface area (Å²) in [6, 6.07) is 2.60. The van der Waals surface area contributed by atoms with Gasteiger partial charge in [-0.3, -0.25) is 9.69 Å². The first-order chi connectivity index (χ1) is 12.1. The van der Waals surface area contributed by atoms with Crippen molar-refractivity contribution >= 4 is 17.2 Å². The van der Waals surface area contributed by atoms with E-state index >= 15 is 0 Å². The van der Waals surface area contributed by atoms with Crippen LogP contribution < -0.4 is 0 Å². The first kappa shape index (κ1) is 17.5. The highest BCUT2D eigenvalue weighted by Gasteiger charge is 2.45. The molecular weight excluding hydrogens is 334 g/mol. The fourth-order valence-electron chi connectivity index (χ4n) is 4.44. The van der Waals surface area contributed by atoms with Gasteiger partial charge in [0.25, 0.3) is 5.91 Å². The maximum Gasteiger partial charge on any atom is 0.264 e. The van der Waals surface area contributed by atoms with Gasteiger partial charge in [-0.2, -0.15) is 0 Å². The molecule has 6 heteroatoms. The van der Waals surface area contributed by atoms with Gasteiger partial charge in [0, 0.05) is 45.3 Å². The number of ether oxygens (including phenoxy) is 1. The number of piperidine rings is 1. The first-order valence-corrected chi connectivity index (χ1v) is 10.3. The van der Waals surface area contributed by atoms with Crippen LogP contribution in [0.5, 0.6) is 0 Å². The average Bonchev–Trinajstić information content (AvgIpc) is 3.23. The zero-order chi connectivity index (χ0) is 17.4. The second-order valence-corrected chi connectivity index (χ2v) is 8.83. The lowest BCUT2D eigenvalue weighted by atomic mass is 9.87. The molecule has 4 rings (SSSR count). The van der Waals surface area contributed by atoms with E-state index in [1.165, 1.54) is 0 Å². The number of thiophene rings is 1. The minimum Gasteiger partial charge on any atom is -0.373 e. The van der Waals surface area contributed by atoms with Crippen molar-refractivity contribution in [1.82, 2.24) is 14.7 Å². The van der Waals surface area contributed by atoms with E-state index in [1.54, 1.807) is 11.3 Å². The molecule has 0 unspecified atom stereocenters. The molecule has 3 fully saturated rings. The topological polar surface area (TPSA) is 36.0 Å². The number of carbonyl (C=O) groups is 1. The van der Waals surface area contributed by atoms with Crippen molar-refractivity contribution in [1.29, 1.82) is 0 Å². The van der Waals surface area contributed by atoms with Crippen molar-refractivity contribution in [3.05, 3.63) is 21.9 Å². The van der Waals surface area contributed by atoms with Crippen LogP contribution in [0.4, 0.5) is 0 Å². The highest BCUT2D eigenvalue weighted by Crippen LogP contribution is 2.38. The molecule has 0 bridgehead atoms. The molecule has 3 aliphatic rings. The van der Waals surface area contributed by atoms with Crippen LogP contribution >= 0.6 is 11.3 Å². The molecule has 25 heavy (non-hydrogen) atoms. The van der Waals surface area contributed by atoms with Gasteiger partial charge in [0.05, 0.1) is 17.1 Å². The highest BCUT2D eigenvalue weighted by atomic mass is 32.1. The van der Waals surface area contributed by atoms with Crippen LogP contribution in [-0.2, 0) is 4.74 Å². The Hall–Kier alpha value is -0.950. The predicted octanol–water partition coefficient (Wildman–Crippen LogP) is 2.07. The molecule has 3 saturated heterocycles. The summed E-state index contributed by atoms with van der Waals surface area (Å²) in [6.07, 6.45) is 3.09. The Morgan fingerprint density at radius 2 is 1.92 bits per heavy atom. The maximum atomic E-state index is 12.7. The summed E-state index contributed by atoms with van der Waals surface area (Å²) in [4.78, 5) is 20.6. The van der Waals surface area contributed by atoms with Gasteiger partial charge in [0.2, 0.25) is 0 Å². The number of nitrogens with zero attached hydrogens (tertiary/aromatic N) is 3. The van der Waals surface area contributed by atoms with Crippen molar-refractivity contribution < 1.29 is 9.53 Å². The zero-order valence-electron chi connectivity index (χ0n) is 15.4. The summed E-state index contributed by atoms with van der Waals surface area (Å²) >= 11 is 1.56. The molecule has 5 nitrogen and oxygen atoms in total. The fraction of sp³-hybridized carbons (Fsp3) is 0.737. The molecule has 1 atom stereocenters. The molecule has 1 aromatic rings. The molecule has 4 heterocycles. The fourth-order valence-corrected chi connectivity index (χ4v) is 5.34. The van der Waals surface area contributed by atoms with Gasteiger partial charge >= 0.3 is 0 Å². The largest absolute Gasteiger partial charge is 0.373 e. The van der Waals surface area contributed by atoms with Gasteiger partial charge in [-0.25, -0.2) is 0 Å². The van der Waals surface area contributed by atoms with E-state index < -0.39 is 0 Å². The second kappa shape index (κ2) is 6.99. The van der Waals surface area contributed by atoms with E-state index in [2.05, 4.69) is 16.8 Å². The Bertz CT molecular complexity index is 616. The summed E-state index contributed by atoms with van der Waals surface area (Å²) in [6.45, 7) is 9.17. The summed E-state index contributed by atoms with van der Waals surface area (Å²) in [5.41, 5.74) is 1.11. The lowest BCUT2D eigenvalue weighted by molar-refractivity contribution is -0.0394. The Morgan fingerprint density at radius 3 is 2.56 bits per heavy atom. The van der Waals surface area contributed by atoms with Gasteiger partial charge in [0.15, 0.2) is 0 Å². The summed E-state index contributed by atoms with van der Waals surface area (Å²) in [5.74, 6) is 0.205. The van der Waals surface area contributed by atoms with E-state index in [9.17, 15) is 4.79 Å². The van der Waals surface area contributed by atoms with E-state index in [1.807, 2.05) is 23.3 Å². The molecule has 3 aliphatic heterocycles. The monoisotopic (exact) mass is 363 g/mol. The van der Waals surface area contributed by atoms with Crippen molar-refractivity contribution in [3.63, 3.8) is 0 Å². The van der Waals surface area contributed by atoms with Crippen molar-refractivity contribution in [2.24, 2.45) is 0 Å². The minimum absolute atomic E-state index is 0.00922. The Morgan fingerprint density at radius 1 is 1.20 bits per heavy atom. The van der Waals surface area contributed by atoms with E-state index in [-0.39, 0.29) is 11.5 Å². The van der Waals surface area contributed by atoms with Gasteiger partial charge in [-0.1, -0.05) is 0 Å². The van der Waals surface area contributed by atoms with Crippen LogP contribution in [0, 0.1) is 6.92 Å². The van der Waals surface area contributed by atoms with Gasteiger partial charge < -0.3 is 14.5 Å². The number of rotatable bonds is 2. The SMILES string of the molecule is Cc1ccsc1C(=O)N1CCC2(CC1)C[C@H](N1CCN(C)CC1)CO2. The average molecular weight is 364 g/mol. The van der Waals surface area contributed by atoms with Gasteiger partial charge in [-0.05, 0) is 50.2 Å². The Kier molecular flexibility index (Phi) is 4.88. The van der Waals surface area contributed by atoms with E-state index in [4.69, 9.17) is 4.74 Å². The number of hydrogen-bond donors (Lipinski definition) is 0. The number of hydrogen-bond acceptors (Lipinski definition) is 5. The molecule has 0 aromatic carbocycles. The Labute approximate surface area is 154 Å². The molecule has 0 saturated carbocycles. The van der Waals surface area contributed by atoms with Crippen LogP contribution in [-0.4, -0.2) is 85.2 Å². The Balaban J connectivity index is 1.33. The molecule has 1 aromatic heterocycles. The van der Waals surface area contributed by atoms with Crippen LogP contribution in [0.15, 0.2) is 11.4 Å². The smallest absolute Gasteiger partial charge is 0.264 e. The molecule has 138 valence electrons. The van der Waals surface area contributed by atoms with Crippen LogP contribution in [0.1, 0.15) is 34.5 Å². The molecule has 0 radical (unpaired) electrons. The molecule has 0 aliphatic carbocycles. The molecule has 0 N–H and O–H groups in total. The van der Waals surface area contributed by atoms with Crippen LogP contribution in [0.25, 0.3) is 0 Å². The third-order valence-corrected chi connectivity index (χ3v) is 7.27. The predicted molar refractivity (Wildman–Crippen MR) is 100 cm³/mol. The molecule has 1 spiro atoms. The maximum absolute atomic E-state index is 12.7. The van der Waals surface area contributed by atoms with Gasteiger partial charge in [0.1, 0.15) is 0 Å².